The summed E-state index contributed by atoms with van der Waals surface area (Å²) in [4.78, 5) is 12.6. The van der Waals surface area contributed by atoms with Crippen LogP contribution in [-0.2, 0) is 26.1 Å². The second-order valence-electron chi connectivity index (χ2n) is 9.97. The highest BCUT2D eigenvalue weighted by Crippen LogP contribution is 2.43. The second-order valence-corrected chi connectivity index (χ2v) is 12.7. The van der Waals surface area contributed by atoms with Gasteiger partial charge in [-0.2, -0.15) is 0 Å². The first-order chi connectivity index (χ1) is 20.2. The molecule has 1 saturated heterocycles. The molecule has 10 heteroatoms. The Hall–Kier alpha value is -3.67. The maximum atomic E-state index is 12.8. The van der Waals surface area contributed by atoms with E-state index in [0.29, 0.717) is 21.9 Å². The standard InChI is InChI=1S/C32H31NO7S2/c1-21-28(20-41-29-10-6-5-9-27(29)31(35)36)39-32(40-30(21)23-13-11-22(19-34)12-14-23)24-15-17-25(18-16-24)33-42(37,38)26-7-3-2-4-8-26/h2-18,21,28,30,32-34H,19-20H2,1H3,(H,35,36)/t21-,28+,30+,32+/m0/s1. The third-order valence-electron chi connectivity index (χ3n) is 7.13. The average Bonchev–Trinajstić information content (AvgIpc) is 3.01. The van der Waals surface area contributed by atoms with Crippen molar-refractivity contribution in [2.45, 2.75) is 41.8 Å². The largest absolute Gasteiger partial charge is 0.478 e. The molecule has 8 nitrogen and oxygen atoms in total. The van der Waals surface area contributed by atoms with E-state index in [1.165, 1.54) is 23.9 Å². The summed E-state index contributed by atoms with van der Waals surface area (Å²) in [6, 6.07) is 29.5. The molecule has 1 heterocycles. The number of rotatable bonds is 10. The van der Waals surface area contributed by atoms with E-state index >= 15 is 0 Å². The molecule has 0 radical (unpaired) electrons. The first-order valence-electron chi connectivity index (χ1n) is 13.4. The van der Waals surface area contributed by atoms with Crippen LogP contribution >= 0.6 is 11.8 Å². The Labute approximate surface area is 249 Å². The summed E-state index contributed by atoms with van der Waals surface area (Å²) in [6.45, 7) is 1.98. The quantitative estimate of drug-likeness (QED) is 0.181. The highest BCUT2D eigenvalue weighted by molar-refractivity contribution is 7.99. The van der Waals surface area contributed by atoms with E-state index in [0.717, 1.165) is 11.1 Å². The lowest BCUT2D eigenvalue weighted by atomic mass is 9.91. The molecule has 0 amide bonds. The van der Waals surface area contributed by atoms with Gasteiger partial charge in [-0.3, -0.25) is 4.72 Å². The van der Waals surface area contributed by atoms with Crippen molar-refractivity contribution < 1.29 is 32.9 Å². The van der Waals surface area contributed by atoms with Gasteiger partial charge in [0.05, 0.1) is 29.3 Å². The van der Waals surface area contributed by atoms with Gasteiger partial charge in [-0.1, -0.05) is 73.7 Å². The van der Waals surface area contributed by atoms with E-state index in [1.54, 1.807) is 60.7 Å². The van der Waals surface area contributed by atoms with Crippen molar-refractivity contribution in [1.82, 2.24) is 0 Å². The van der Waals surface area contributed by atoms with E-state index in [1.807, 2.05) is 37.3 Å². The van der Waals surface area contributed by atoms with Crippen LogP contribution in [0.4, 0.5) is 5.69 Å². The third kappa shape index (κ3) is 6.86. The number of nitrogens with one attached hydrogen (secondary N) is 1. The zero-order valence-corrected chi connectivity index (χ0v) is 24.4. The molecule has 1 aliphatic heterocycles. The number of ether oxygens (including phenoxy) is 2. The lowest BCUT2D eigenvalue weighted by molar-refractivity contribution is -0.268. The molecule has 4 aromatic carbocycles. The summed E-state index contributed by atoms with van der Waals surface area (Å²) in [5.74, 6) is -0.574. The zero-order chi connectivity index (χ0) is 29.7. The van der Waals surface area contributed by atoms with E-state index in [9.17, 15) is 23.4 Å². The number of aromatic carboxylic acids is 1. The van der Waals surface area contributed by atoms with Gasteiger partial charge in [-0.15, -0.1) is 11.8 Å². The van der Waals surface area contributed by atoms with Crippen LogP contribution in [0.15, 0.2) is 113 Å². The maximum absolute atomic E-state index is 12.8. The summed E-state index contributed by atoms with van der Waals surface area (Å²) in [6.07, 6.45) is -1.38. The van der Waals surface area contributed by atoms with Crippen molar-refractivity contribution in [2.24, 2.45) is 5.92 Å². The number of carboxylic acid groups (broad SMARTS) is 1. The Morgan fingerprint density at radius 2 is 1.50 bits per heavy atom. The van der Waals surface area contributed by atoms with Gasteiger partial charge in [-0.25, -0.2) is 13.2 Å². The molecule has 4 atom stereocenters. The number of thioether (sulfide) groups is 1. The van der Waals surface area contributed by atoms with Gasteiger partial charge in [-0.05, 0) is 47.5 Å². The van der Waals surface area contributed by atoms with Gasteiger partial charge in [0.2, 0.25) is 0 Å². The molecule has 4 aromatic rings. The predicted molar refractivity (Wildman–Crippen MR) is 161 cm³/mol. The van der Waals surface area contributed by atoms with Gasteiger partial charge < -0.3 is 19.7 Å². The van der Waals surface area contributed by atoms with Crippen LogP contribution in [0.1, 0.15) is 46.4 Å². The number of aliphatic hydroxyl groups excluding tert-OH is 1. The molecular weight excluding hydrogens is 574 g/mol. The highest BCUT2D eigenvalue weighted by atomic mass is 32.2. The third-order valence-corrected chi connectivity index (χ3v) is 9.69. The molecule has 3 N–H and O–H groups in total. The van der Waals surface area contributed by atoms with Gasteiger partial charge in [0.15, 0.2) is 6.29 Å². The van der Waals surface area contributed by atoms with Crippen molar-refractivity contribution in [3.05, 3.63) is 125 Å². The summed E-state index contributed by atoms with van der Waals surface area (Å²) in [5, 5.41) is 19.1. The number of hydrogen-bond donors (Lipinski definition) is 3. The van der Waals surface area contributed by atoms with Crippen LogP contribution in [0.5, 0.6) is 0 Å². The van der Waals surface area contributed by atoms with Gasteiger partial charge in [0, 0.05) is 27.8 Å². The maximum Gasteiger partial charge on any atom is 0.336 e. The fourth-order valence-corrected chi connectivity index (χ4v) is 7.06. The summed E-state index contributed by atoms with van der Waals surface area (Å²) < 4.78 is 41.0. The number of aliphatic hydroxyl groups is 1. The van der Waals surface area contributed by atoms with Gasteiger partial charge in [0.1, 0.15) is 0 Å². The predicted octanol–water partition coefficient (Wildman–Crippen LogP) is 6.26. The van der Waals surface area contributed by atoms with Crippen LogP contribution in [0, 0.1) is 5.92 Å². The molecule has 1 fully saturated rings. The lowest BCUT2D eigenvalue weighted by Gasteiger charge is -2.41. The Morgan fingerprint density at radius 3 is 2.17 bits per heavy atom. The normalized spacial score (nSPS) is 20.6. The number of hydrogen-bond acceptors (Lipinski definition) is 7. The zero-order valence-electron chi connectivity index (χ0n) is 22.8. The minimum Gasteiger partial charge on any atom is -0.478 e. The molecule has 0 unspecified atom stereocenters. The number of benzene rings is 4. The van der Waals surface area contributed by atoms with E-state index in [4.69, 9.17) is 9.47 Å². The van der Waals surface area contributed by atoms with E-state index in [2.05, 4.69) is 4.72 Å². The van der Waals surface area contributed by atoms with Crippen molar-refractivity contribution >= 4 is 33.4 Å². The van der Waals surface area contributed by atoms with Gasteiger partial charge >= 0.3 is 5.97 Å². The minimum absolute atomic E-state index is 0.0598. The average molecular weight is 606 g/mol. The lowest BCUT2D eigenvalue weighted by Crippen LogP contribution is -2.38. The summed E-state index contributed by atoms with van der Waals surface area (Å²) in [7, 11) is -3.74. The van der Waals surface area contributed by atoms with Crippen molar-refractivity contribution in [3.63, 3.8) is 0 Å². The number of carboxylic acids is 1. The number of sulfonamides is 1. The topological polar surface area (TPSA) is 122 Å². The Morgan fingerprint density at radius 1 is 0.857 bits per heavy atom. The molecule has 0 spiro atoms. The number of carbonyl (C=O) groups is 1. The molecule has 42 heavy (non-hydrogen) atoms. The summed E-state index contributed by atoms with van der Waals surface area (Å²) >= 11 is 1.42. The first-order valence-corrected chi connectivity index (χ1v) is 15.9. The van der Waals surface area contributed by atoms with Crippen LogP contribution in [0.3, 0.4) is 0 Å². The molecule has 0 bridgehead atoms. The van der Waals surface area contributed by atoms with Crippen LogP contribution < -0.4 is 4.72 Å². The number of anilines is 1. The second kappa shape index (κ2) is 13.1. The molecule has 1 aliphatic rings. The Kier molecular flexibility index (Phi) is 9.30. The fraction of sp³-hybridized carbons (Fsp3) is 0.219. The Balaban J connectivity index is 1.38. The monoisotopic (exact) mass is 605 g/mol. The van der Waals surface area contributed by atoms with E-state index < -0.39 is 22.3 Å². The van der Waals surface area contributed by atoms with Gasteiger partial charge in [0.25, 0.3) is 10.0 Å². The molecule has 218 valence electrons. The molecule has 0 saturated carbocycles. The van der Waals surface area contributed by atoms with Crippen molar-refractivity contribution in [2.75, 3.05) is 10.5 Å². The fourth-order valence-electron chi connectivity index (χ4n) is 4.77. The SMILES string of the molecule is C[C@H]1[C@@H](CSc2ccccc2C(=O)O)O[C@@H](c2ccc(NS(=O)(=O)c3ccccc3)cc2)O[C@H]1c1ccc(CO)cc1. The molecule has 0 aromatic heterocycles. The van der Waals surface area contributed by atoms with Crippen molar-refractivity contribution in [3.8, 4) is 0 Å². The molecule has 0 aliphatic carbocycles. The molecular formula is C32H31NO7S2. The smallest absolute Gasteiger partial charge is 0.336 e. The minimum atomic E-state index is -3.74. The summed E-state index contributed by atoms with van der Waals surface area (Å²) in [5.41, 5.74) is 3.08. The highest BCUT2D eigenvalue weighted by Gasteiger charge is 2.38. The van der Waals surface area contributed by atoms with Crippen LogP contribution in [0.25, 0.3) is 0 Å². The van der Waals surface area contributed by atoms with Crippen LogP contribution in [0.2, 0.25) is 0 Å². The van der Waals surface area contributed by atoms with Crippen LogP contribution in [-0.4, -0.2) is 36.5 Å². The molecule has 5 rings (SSSR count). The Bertz CT molecular complexity index is 1610. The first kappa shape index (κ1) is 29.8. The van der Waals surface area contributed by atoms with Crippen molar-refractivity contribution in [1.29, 1.82) is 0 Å². The van der Waals surface area contributed by atoms with E-state index in [-0.39, 0.29) is 35.2 Å².